The standard InChI is InChI=1S/C23H29ClN2O3S/c1-16(22(28)25-23(2,3)4)26(14-17-6-10-19(29-5)11-7-17)21(27)15-30-20-12-8-18(24)9-13-20/h6-13,16H,14-15H2,1-5H3,(H,25,28). The lowest BCUT2D eigenvalue weighted by Gasteiger charge is -2.31. The van der Waals surface area contributed by atoms with Gasteiger partial charge in [-0.25, -0.2) is 0 Å². The van der Waals surface area contributed by atoms with Gasteiger partial charge in [0.15, 0.2) is 0 Å². The second-order valence-corrected chi connectivity index (χ2v) is 9.51. The molecule has 0 fully saturated rings. The summed E-state index contributed by atoms with van der Waals surface area (Å²) in [6, 6.07) is 14.2. The molecule has 0 aliphatic carbocycles. The molecule has 0 bridgehead atoms. The number of hydrogen-bond acceptors (Lipinski definition) is 4. The zero-order valence-electron chi connectivity index (χ0n) is 18.1. The lowest BCUT2D eigenvalue weighted by molar-refractivity contribution is -0.139. The van der Waals surface area contributed by atoms with Gasteiger partial charge in [-0.2, -0.15) is 0 Å². The monoisotopic (exact) mass is 448 g/mol. The van der Waals surface area contributed by atoms with E-state index < -0.39 is 6.04 Å². The Morgan fingerprint density at radius 1 is 1.10 bits per heavy atom. The lowest BCUT2D eigenvalue weighted by Crippen LogP contribution is -2.52. The summed E-state index contributed by atoms with van der Waals surface area (Å²) in [7, 11) is 1.61. The molecule has 0 spiro atoms. The Bertz CT molecular complexity index is 848. The quantitative estimate of drug-likeness (QED) is 0.591. The average molecular weight is 449 g/mol. The minimum absolute atomic E-state index is 0.109. The van der Waals surface area contributed by atoms with E-state index in [2.05, 4.69) is 5.32 Å². The third-order valence-electron chi connectivity index (χ3n) is 4.35. The molecule has 30 heavy (non-hydrogen) atoms. The van der Waals surface area contributed by atoms with Gasteiger partial charge in [-0.05, 0) is 69.7 Å². The maximum absolute atomic E-state index is 13.1. The fourth-order valence-corrected chi connectivity index (χ4v) is 3.65. The highest BCUT2D eigenvalue weighted by atomic mass is 35.5. The fourth-order valence-electron chi connectivity index (χ4n) is 2.74. The molecular formula is C23H29ClN2O3S. The SMILES string of the molecule is COc1ccc(CN(C(=O)CSc2ccc(Cl)cc2)C(C)C(=O)NC(C)(C)C)cc1. The largest absolute Gasteiger partial charge is 0.497 e. The molecule has 0 saturated carbocycles. The van der Waals surface area contributed by atoms with Crippen LogP contribution in [-0.2, 0) is 16.1 Å². The van der Waals surface area contributed by atoms with E-state index in [1.807, 2.05) is 57.2 Å². The van der Waals surface area contributed by atoms with Gasteiger partial charge >= 0.3 is 0 Å². The van der Waals surface area contributed by atoms with Crippen molar-refractivity contribution in [2.75, 3.05) is 12.9 Å². The van der Waals surface area contributed by atoms with Crippen LogP contribution in [0.4, 0.5) is 0 Å². The number of carbonyl (C=O) groups is 2. The molecule has 0 aliphatic rings. The number of nitrogens with zero attached hydrogens (tertiary/aromatic N) is 1. The van der Waals surface area contributed by atoms with Crippen LogP contribution in [0.25, 0.3) is 0 Å². The maximum atomic E-state index is 13.1. The predicted octanol–water partition coefficient (Wildman–Crippen LogP) is 4.77. The summed E-state index contributed by atoms with van der Waals surface area (Å²) in [4.78, 5) is 28.4. The van der Waals surface area contributed by atoms with Crippen molar-refractivity contribution in [3.63, 3.8) is 0 Å². The van der Waals surface area contributed by atoms with Crippen LogP contribution in [0, 0.1) is 0 Å². The lowest BCUT2D eigenvalue weighted by atomic mass is 10.1. The van der Waals surface area contributed by atoms with Gasteiger partial charge in [0.2, 0.25) is 11.8 Å². The molecule has 1 N–H and O–H groups in total. The van der Waals surface area contributed by atoms with Crippen molar-refractivity contribution in [3.8, 4) is 5.75 Å². The normalized spacial score (nSPS) is 12.2. The number of thioether (sulfide) groups is 1. The van der Waals surface area contributed by atoms with E-state index in [1.54, 1.807) is 31.1 Å². The highest BCUT2D eigenvalue weighted by molar-refractivity contribution is 8.00. The molecule has 0 radical (unpaired) electrons. The number of ether oxygens (including phenoxy) is 1. The smallest absolute Gasteiger partial charge is 0.242 e. The van der Waals surface area contributed by atoms with Crippen LogP contribution >= 0.6 is 23.4 Å². The molecule has 5 nitrogen and oxygen atoms in total. The molecule has 2 amide bonds. The molecule has 162 valence electrons. The summed E-state index contributed by atoms with van der Waals surface area (Å²) in [5.41, 5.74) is 0.550. The molecule has 0 saturated heterocycles. The minimum Gasteiger partial charge on any atom is -0.497 e. The molecule has 0 aliphatic heterocycles. The van der Waals surface area contributed by atoms with E-state index in [0.717, 1.165) is 16.2 Å². The highest BCUT2D eigenvalue weighted by Gasteiger charge is 2.28. The summed E-state index contributed by atoms with van der Waals surface area (Å²) in [6.45, 7) is 7.86. The first-order valence-electron chi connectivity index (χ1n) is 9.72. The third-order valence-corrected chi connectivity index (χ3v) is 5.60. The number of halogens is 1. The van der Waals surface area contributed by atoms with E-state index >= 15 is 0 Å². The van der Waals surface area contributed by atoms with Crippen molar-refractivity contribution >= 4 is 35.2 Å². The van der Waals surface area contributed by atoms with Crippen molar-refractivity contribution in [1.29, 1.82) is 0 Å². The van der Waals surface area contributed by atoms with Crippen LogP contribution in [0.5, 0.6) is 5.75 Å². The van der Waals surface area contributed by atoms with Crippen LogP contribution in [0.2, 0.25) is 5.02 Å². The summed E-state index contributed by atoms with van der Waals surface area (Å²) in [5, 5.41) is 3.62. The summed E-state index contributed by atoms with van der Waals surface area (Å²) < 4.78 is 5.20. The van der Waals surface area contributed by atoms with Crippen molar-refractivity contribution in [2.45, 2.75) is 50.7 Å². The molecule has 2 rings (SSSR count). The molecule has 7 heteroatoms. The summed E-state index contributed by atoms with van der Waals surface area (Å²) in [5.74, 6) is 0.682. The molecule has 1 atom stereocenters. The Balaban J connectivity index is 2.16. The number of benzene rings is 2. The van der Waals surface area contributed by atoms with Crippen molar-refractivity contribution in [2.24, 2.45) is 0 Å². The van der Waals surface area contributed by atoms with E-state index in [-0.39, 0.29) is 23.1 Å². The average Bonchev–Trinajstić information content (AvgIpc) is 2.70. The van der Waals surface area contributed by atoms with Crippen molar-refractivity contribution in [1.82, 2.24) is 10.2 Å². The zero-order valence-corrected chi connectivity index (χ0v) is 19.6. The molecule has 1 unspecified atom stereocenters. The number of nitrogens with one attached hydrogen (secondary N) is 1. The second-order valence-electron chi connectivity index (χ2n) is 8.03. The first-order valence-corrected chi connectivity index (χ1v) is 11.1. The van der Waals surface area contributed by atoms with Crippen LogP contribution in [0.3, 0.4) is 0 Å². The Morgan fingerprint density at radius 2 is 1.70 bits per heavy atom. The van der Waals surface area contributed by atoms with Gasteiger partial charge in [0.05, 0.1) is 12.9 Å². The Hall–Kier alpha value is -2.18. The third kappa shape index (κ3) is 7.58. The number of methoxy groups -OCH3 is 1. The van der Waals surface area contributed by atoms with Gasteiger partial charge in [-0.3, -0.25) is 9.59 Å². The van der Waals surface area contributed by atoms with E-state index in [9.17, 15) is 9.59 Å². The molecule has 0 heterocycles. The highest BCUT2D eigenvalue weighted by Crippen LogP contribution is 2.22. The van der Waals surface area contributed by atoms with E-state index in [0.29, 0.717) is 11.6 Å². The Morgan fingerprint density at radius 3 is 2.23 bits per heavy atom. The van der Waals surface area contributed by atoms with Crippen LogP contribution in [-0.4, -0.2) is 41.2 Å². The van der Waals surface area contributed by atoms with Gasteiger partial charge in [-0.1, -0.05) is 23.7 Å². The number of hydrogen-bond donors (Lipinski definition) is 1. The van der Waals surface area contributed by atoms with Crippen LogP contribution in [0.1, 0.15) is 33.3 Å². The zero-order chi connectivity index (χ0) is 22.3. The van der Waals surface area contributed by atoms with Crippen LogP contribution < -0.4 is 10.1 Å². The second kappa shape index (κ2) is 10.7. The predicted molar refractivity (Wildman–Crippen MR) is 123 cm³/mol. The van der Waals surface area contributed by atoms with E-state index in [4.69, 9.17) is 16.3 Å². The van der Waals surface area contributed by atoms with Gasteiger partial charge < -0.3 is 15.0 Å². The van der Waals surface area contributed by atoms with E-state index in [1.165, 1.54) is 11.8 Å². The van der Waals surface area contributed by atoms with Crippen LogP contribution in [0.15, 0.2) is 53.4 Å². The molecule has 2 aromatic carbocycles. The summed E-state index contributed by atoms with van der Waals surface area (Å²) >= 11 is 7.35. The minimum atomic E-state index is -0.607. The Labute approximate surface area is 188 Å². The van der Waals surface area contributed by atoms with Gasteiger partial charge in [0, 0.05) is 22.0 Å². The molecular weight excluding hydrogens is 420 g/mol. The molecule has 2 aromatic rings. The number of amides is 2. The van der Waals surface area contributed by atoms with Gasteiger partial charge in [0.25, 0.3) is 0 Å². The molecule has 0 aromatic heterocycles. The number of rotatable bonds is 8. The topological polar surface area (TPSA) is 58.6 Å². The maximum Gasteiger partial charge on any atom is 0.242 e. The Kier molecular flexibility index (Phi) is 8.62. The fraction of sp³-hybridized carbons (Fsp3) is 0.391. The number of carbonyl (C=O) groups excluding carboxylic acids is 2. The first-order chi connectivity index (χ1) is 14.1. The summed E-state index contributed by atoms with van der Waals surface area (Å²) in [6.07, 6.45) is 0. The van der Waals surface area contributed by atoms with Crippen molar-refractivity contribution in [3.05, 3.63) is 59.1 Å². The first kappa shape index (κ1) is 24.1. The van der Waals surface area contributed by atoms with Gasteiger partial charge in [0.1, 0.15) is 11.8 Å². The van der Waals surface area contributed by atoms with Gasteiger partial charge in [-0.15, -0.1) is 11.8 Å². The van der Waals surface area contributed by atoms with Crippen molar-refractivity contribution < 1.29 is 14.3 Å².